The number of amides is 3. The second kappa shape index (κ2) is 12.7. The largest absolute Gasteiger partial charge is 0.392 e. The first-order valence-electron chi connectivity index (χ1n) is 12.7. The van der Waals surface area contributed by atoms with E-state index in [1.807, 2.05) is 55.4 Å². The van der Waals surface area contributed by atoms with Crippen LogP contribution >= 0.6 is 11.6 Å². The average Bonchev–Trinajstić information content (AvgIpc) is 3.39. The molecule has 206 valence electrons. The van der Waals surface area contributed by atoms with Gasteiger partial charge in [0.05, 0.1) is 18.3 Å². The lowest BCUT2D eigenvalue weighted by Crippen LogP contribution is -2.53. The number of aromatic nitrogens is 2. The molecule has 1 unspecified atom stereocenters. The molecule has 39 heavy (non-hydrogen) atoms. The van der Waals surface area contributed by atoms with Gasteiger partial charge in [-0.25, -0.2) is 9.78 Å². The van der Waals surface area contributed by atoms with Crippen molar-refractivity contribution < 1.29 is 9.59 Å². The average molecular weight is 552 g/mol. The van der Waals surface area contributed by atoms with Crippen LogP contribution in [0.25, 0.3) is 0 Å². The number of allylic oxidation sites excluding steroid dienone is 1. The minimum atomic E-state index is -0.248. The molecule has 3 N–H and O–H groups in total. The summed E-state index contributed by atoms with van der Waals surface area (Å²) in [5.41, 5.74) is 2.11. The lowest BCUT2D eigenvalue weighted by molar-refractivity contribution is -0.125. The molecule has 0 radical (unpaired) electrons. The first-order valence-corrected chi connectivity index (χ1v) is 13.1. The number of urea groups is 1. The molecule has 2 aliphatic rings. The maximum atomic E-state index is 13.9. The van der Waals surface area contributed by atoms with Crippen molar-refractivity contribution in [1.82, 2.24) is 30.0 Å². The fourth-order valence-electron chi connectivity index (χ4n) is 4.59. The normalized spacial score (nSPS) is 17.7. The number of likely N-dealkylation sites (N-methyl/N-ethyl adjacent to an activating group) is 1. The molecule has 1 atom stereocenters. The number of anilines is 2. The zero-order chi connectivity index (χ0) is 27.9. The van der Waals surface area contributed by atoms with Crippen LogP contribution in [0, 0.1) is 5.41 Å². The molecule has 1 fully saturated rings. The van der Waals surface area contributed by atoms with Gasteiger partial charge in [-0.2, -0.15) is 4.98 Å². The van der Waals surface area contributed by atoms with E-state index in [1.54, 1.807) is 34.0 Å². The lowest BCUT2D eigenvalue weighted by Gasteiger charge is -2.39. The molecular formula is C27H34ClN9O2. The zero-order valence-corrected chi connectivity index (χ0v) is 23.1. The summed E-state index contributed by atoms with van der Waals surface area (Å²) in [6, 6.07) is 9.40. The summed E-state index contributed by atoms with van der Waals surface area (Å²) in [7, 11) is 5.58. The van der Waals surface area contributed by atoms with E-state index >= 15 is 0 Å². The van der Waals surface area contributed by atoms with Crippen LogP contribution in [0.2, 0.25) is 0 Å². The van der Waals surface area contributed by atoms with Gasteiger partial charge in [0.1, 0.15) is 11.0 Å². The van der Waals surface area contributed by atoms with E-state index < -0.39 is 0 Å². The number of carbonyl (C=O) groups excluding carboxylic acids is 2. The molecule has 0 saturated carbocycles. The van der Waals surface area contributed by atoms with Crippen molar-refractivity contribution in [2.24, 2.45) is 0 Å². The predicted molar refractivity (Wildman–Crippen MR) is 153 cm³/mol. The Morgan fingerprint density at radius 3 is 2.74 bits per heavy atom. The Balaban J connectivity index is 1.62. The van der Waals surface area contributed by atoms with Gasteiger partial charge in [-0.05, 0) is 26.1 Å². The highest BCUT2D eigenvalue weighted by Gasteiger charge is 2.40. The van der Waals surface area contributed by atoms with Crippen molar-refractivity contribution in [3.63, 3.8) is 0 Å². The van der Waals surface area contributed by atoms with Crippen molar-refractivity contribution in [2.75, 3.05) is 51.0 Å². The van der Waals surface area contributed by atoms with E-state index in [9.17, 15) is 9.59 Å². The van der Waals surface area contributed by atoms with E-state index in [0.717, 1.165) is 11.1 Å². The number of rotatable bonds is 10. The molecule has 0 bridgehead atoms. The second-order valence-corrected chi connectivity index (χ2v) is 10.1. The summed E-state index contributed by atoms with van der Waals surface area (Å²) in [6.45, 7) is 2.41. The van der Waals surface area contributed by atoms with Gasteiger partial charge in [0.2, 0.25) is 11.9 Å². The number of hydrogen-bond donors (Lipinski definition) is 3. The summed E-state index contributed by atoms with van der Waals surface area (Å²) in [6.07, 6.45) is 7.29. The van der Waals surface area contributed by atoms with Gasteiger partial charge in [0.25, 0.3) is 0 Å². The molecule has 3 heterocycles. The van der Waals surface area contributed by atoms with E-state index in [1.165, 1.54) is 6.20 Å². The Morgan fingerprint density at radius 2 is 2.05 bits per heavy atom. The Morgan fingerprint density at radius 1 is 1.28 bits per heavy atom. The van der Waals surface area contributed by atoms with Crippen molar-refractivity contribution in [2.45, 2.75) is 25.6 Å². The van der Waals surface area contributed by atoms with Crippen LogP contribution in [0.4, 0.5) is 16.6 Å². The third-order valence-corrected chi connectivity index (χ3v) is 6.67. The number of nitrogens with zero attached hydrogens (tertiary/aromatic N) is 6. The maximum absolute atomic E-state index is 13.9. The standard InChI is InChI=1S/C27H34ClN9O2/c1-30-15-22(24(28)29)32-26-31-14-20-17-36(16-19-8-5-4-6-9-19)27(39)37(25(20)33-26)21-11-13-35(18-21)23(38)10-7-12-34(2)3/h4-10,14-15,21,29-30H,11-13,16-18H2,1-3H3,(H,31,32,33)/b10-7+,22-15+,29-24?. The fraction of sp³-hybridized carbons (Fsp3) is 0.370. The highest BCUT2D eigenvalue weighted by atomic mass is 35.5. The molecule has 0 spiro atoms. The number of nitrogens with one attached hydrogen (secondary N) is 3. The SMILES string of the molecule is CN/C=C(/Nc1ncc2c(n1)N(C1CCN(C(=O)/C=C/CN(C)C)C1)C(=O)N(Cc1ccccc1)C2)C(=N)Cl. The van der Waals surface area contributed by atoms with Gasteiger partial charge in [-0.3, -0.25) is 15.1 Å². The van der Waals surface area contributed by atoms with Gasteiger partial charge in [0, 0.05) is 57.3 Å². The Kier molecular flexibility index (Phi) is 9.15. The molecular weight excluding hydrogens is 518 g/mol. The maximum Gasteiger partial charge on any atom is 0.326 e. The Bertz CT molecular complexity index is 1270. The highest BCUT2D eigenvalue weighted by Crippen LogP contribution is 2.33. The number of carbonyl (C=O) groups is 2. The van der Waals surface area contributed by atoms with E-state index in [2.05, 4.69) is 20.6 Å². The number of halogens is 1. The summed E-state index contributed by atoms with van der Waals surface area (Å²) in [5, 5.41) is 13.4. The molecule has 11 nitrogen and oxygen atoms in total. The van der Waals surface area contributed by atoms with Gasteiger partial charge in [0.15, 0.2) is 0 Å². The molecule has 2 aromatic rings. The van der Waals surface area contributed by atoms with Crippen LogP contribution in [0.1, 0.15) is 17.5 Å². The van der Waals surface area contributed by atoms with Crippen molar-refractivity contribution in [1.29, 1.82) is 5.41 Å². The zero-order valence-electron chi connectivity index (χ0n) is 22.4. The third kappa shape index (κ3) is 6.92. The number of hydrogen-bond acceptors (Lipinski definition) is 8. The highest BCUT2D eigenvalue weighted by molar-refractivity contribution is 6.68. The molecule has 4 rings (SSSR count). The topological polar surface area (TPSA) is 121 Å². The van der Waals surface area contributed by atoms with E-state index in [0.29, 0.717) is 50.7 Å². The second-order valence-electron chi connectivity index (χ2n) is 9.71. The van der Waals surface area contributed by atoms with Crippen LogP contribution < -0.4 is 15.5 Å². The lowest BCUT2D eigenvalue weighted by atomic mass is 10.1. The van der Waals surface area contributed by atoms with Crippen molar-refractivity contribution in [3.8, 4) is 0 Å². The third-order valence-electron chi connectivity index (χ3n) is 6.47. The summed E-state index contributed by atoms with van der Waals surface area (Å²) >= 11 is 5.91. The number of likely N-dealkylation sites (tertiary alicyclic amines) is 1. The van der Waals surface area contributed by atoms with Crippen LogP contribution in [0.15, 0.2) is 60.6 Å². The fourth-order valence-corrected chi connectivity index (χ4v) is 4.69. The van der Waals surface area contributed by atoms with Gasteiger partial charge in [-0.15, -0.1) is 0 Å². The summed E-state index contributed by atoms with van der Waals surface area (Å²) < 4.78 is 0. The van der Waals surface area contributed by atoms with Crippen molar-refractivity contribution in [3.05, 3.63) is 71.7 Å². The molecule has 0 aliphatic carbocycles. The smallest absolute Gasteiger partial charge is 0.326 e. The van der Waals surface area contributed by atoms with Gasteiger partial charge < -0.3 is 25.3 Å². The van der Waals surface area contributed by atoms with E-state index in [4.69, 9.17) is 17.0 Å². The van der Waals surface area contributed by atoms with Crippen LogP contribution in [-0.2, 0) is 17.9 Å². The molecule has 1 saturated heterocycles. The van der Waals surface area contributed by atoms with Crippen LogP contribution in [0.5, 0.6) is 0 Å². The van der Waals surface area contributed by atoms with Crippen LogP contribution in [-0.4, -0.2) is 88.6 Å². The molecule has 2 aliphatic heterocycles. The minimum Gasteiger partial charge on any atom is -0.392 e. The van der Waals surface area contributed by atoms with Gasteiger partial charge in [-0.1, -0.05) is 48.0 Å². The van der Waals surface area contributed by atoms with Crippen LogP contribution in [0.3, 0.4) is 0 Å². The molecule has 12 heteroatoms. The Hall–Kier alpha value is -3.96. The number of benzene rings is 1. The van der Waals surface area contributed by atoms with Gasteiger partial charge >= 0.3 is 6.03 Å². The van der Waals surface area contributed by atoms with Crippen molar-refractivity contribution >= 4 is 40.5 Å². The molecule has 1 aromatic heterocycles. The first-order chi connectivity index (χ1) is 18.8. The summed E-state index contributed by atoms with van der Waals surface area (Å²) in [4.78, 5) is 43.1. The number of fused-ring (bicyclic) bond motifs is 1. The molecule has 3 amide bonds. The Labute approximate surface area is 233 Å². The quantitative estimate of drug-likeness (QED) is 0.307. The molecule has 1 aromatic carbocycles. The van der Waals surface area contributed by atoms with E-state index in [-0.39, 0.29) is 29.1 Å². The minimum absolute atomic E-state index is 0.0716. The first kappa shape index (κ1) is 28.1. The predicted octanol–water partition coefficient (Wildman–Crippen LogP) is 2.83. The monoisotopic (exact) mass is 551 g/mol. The summed E-state index contributed by atoms with van der Waals surface area (Å²) in [5.74, 6) is 0.638.